The first-order valence-corrected chi connectivity index (χ1v) is 13.0. The zero-order valence-electron chi connectivity index (χ0n) is 22.3. The Labute approximate surface area is 232 Å². The summed E-state index contributed by atoms with van der Waals surface area (Å²) in [7, 11) is 0. The van der Waals surface area contributed by atoms with E-state index in [4.69, 9.17) is 4.74 Å². The Morgan fingerprint density at radius 1 is 0.875 bits per heavy atom. The number of ether oxygens (including phenoxy) is 1. The third-order valence-electron chi connectivity index (χ3n) is 6.53. The van der Waals surface area contributed by atoms with Gasteiger partial charge in [-0.15, -0.1) is 0 Å². The molecule has 8 nitrogen and oxygen atoms in total. The maximum absolute atomic E-state index is 13.6. The molecule has 0 bridgehead atoms. The van der Waals surface area contributed by atoms with Crippen LogP contribution in [0.15, 0.2) is 108 Å². The first-order chi connectivity index (χ1) is 19.5. The third kappa shape index (κ3) is 6.07. The van der Waals surface area contributed by atoms with Gasteiger partial charge >= 0.3 is 0 Å². The molecule has 0 aliphatic heterocycles. The SMILES string of the molecule is Cc1cccc(Oc2cnn(-c3ccccc3)c(=O)c2Nc2ccc(C(=O)NCCc3ccccn3)cc2)c1C. The van der Waals surface area contributed by atoms with Gasteiger partial charge in [0.2, 0.25) is 0 Å². The lowest BCUT2D eigenvalue weighted by molar-refractivity contribution is 0.0954. The number of benzene rings is 3. The molecule has 0 saturated heterocycles. The number of anilines is 2. The van der Waals surface area contributed by atoms with Gasteiger partial charge in [0.05, 0.1) is 11.9 Å². The highest BCUT2D eigenvalue weighted by atomic mass is 16.5. The summed E-state index contributed by atoms with van der Waals surface area (Å²) in [6, 6.07) is 27.6. The molecule has 0 aliphatic rings. The van der Waals surface area contributed by atoms with E-state index in [1.54, 1.807) is 30.5 Å². The summed E-state index contributed by atoms with van der Waals surface area (Å²) in [6.45, 7) is 4.45. The number of hydrogen-bond acceptors (Lipinski definition) is 6. The number of para-hydroxylation sites is 1. The van der Waals surface area contributed by atoms with Crippen LogP contribution in [-0.4, -0.2) is 27.2 Å². The van der Waals surface area contributed by atoms with E-state index in [0.29, 0.717) is 41.4 Å². The van der Waals surface area contributed by atoms with Crippen LogP contribution in [0.25, 0.3) is 5.69 Å². The van der Waals surface area contributed by atoms with E-state index in [1.165, 1.54) is 10.9 Å². The topological polar surface area (TPSA) is 98.1 Å². The minimum Gasteiger partial charge on any atom is -0.453 e. The van der Waals surface area contributed by atoms with Crippen molar-refractivity contribution in [2.75, 3.05) is 11.9 Å². The van der Waals surface area contributed by atoms with Gasteiger partial charge in [-0.3, -0.25) is 14.6 Å². The molecule has 2 heterocycles. The summed E-state index contributed by atoms with van der Waals surface area (Å²) in [5.74, 6) is 0.749. The summed E-state index contributed by atoms with van der Waals surface area (Å²) in [6.07, 6.45) is 3.91. The van der Waals surface area contributed by atoms with Crippen molar-refractivity contribution in [3.05, 3.63) is 136 Å². The molecule has 0 atom stereocenters. The monoisotopic (exact) mass is 531 g/mol. The van der Waals surface area contributed by atoms with E-state index in [2.05, 4.69) is 20.7 Å². The Kier molecular flexibility index (Phi) is 7.97. The van der Waals surface area contributed by atoms with Crippen LogP contribution in [0.4, 0.5) is 11.4 Å². The van der Waals surface area contributed by atoms with Crippen molar-refractivity contribution >= 4 is 17.3 Å². The van der Waals surface area contributed by atoms with Crippen molar-refractivity contribution < 1.29 is 9.53 Å². The van der Waals surface area contributed by atoms with Gasteiger partial charge in [-0.2, -0.15) is 9.78 Å². The minimum atomic E-state index is -0.370. The summed E-state index contributed by atoms with van der Waals surface area (Å²) in [5.41, 5.74) is 4.59. The second-order valence-corrected chi connectivity index (χ2v) is 9.27. The minimum absolute atomic E-state index is 0.184. The predicted octanol–water partition coefficient (Wildman–Crippen LogP) is 5.75. The first-order valence-electron chi connectivity index (χ1n) is 13.0. The molecule has 200 valence electrons. The normalized spacial score (nSPS) is 10.7. The van der Waals surface area contributed by atoms with Crippen molar-refractivity contribution in [3.63, 3.8) is 0 Å². The first kappa shape index (κ1) is 26.4. The van der Waals surface area contributed by atoms with Crippen LogP contribution < -0.4 is 20.9 Å². The quantitative estimate of drug-likeness (QED) is 0.251. The van der Waals surface area contributed by atoms with E-state index in [0.717, 1.165) is 16.8 Å². The van der Waals surface area contributed by atoms with Gasteiger partial charge in [-0.25, -0.2) is 0 Å². The second-order valence-electron chi connectivity index (χ2n) is 9.27. The van der Waals surface area contributed by atoms with Gasteiger partial charge in [-0.1, -0.05) is 36.4 Å². The molecule has 2 aromatic heterocycles. The maximum Gasteiger partial charge on any atom is 0.299 e. The van der Waals surface area contributed by atoms with Crippen molar-refractivity contribution in [1.29, 1.82) is 0 Å². The zero-order chi connectivity index (χ0) is 27.9. The molecule has 0 radical (unpaired) electrons. The molecular weight excluding hydrogens is 502 g/mol. The molecule has 2 N–H and O–H groups in total. The van der Waals surface area contributed by atoms with Crippen LogP contribution in [0.1, 0.15) is 27.2 Å². The van der Waals surface area contributed by atoms with Gasteiger partial charge in [0.25, 0.3) is 11.5 Å². The highest BCUT2D eigenvalue weighted by molar-refractivity contribution is 5.94. The van der Waals surface area contributed by atoms with Gasteiger partial charge in [0.15, 0.2) is 11.4 Å². The van der Waals surface area contributed by atoms with E-state index < -0.39 is 0 Å². The number of aromatic nitrogens is 3. The Hall–Kier alpha value is -5.24. The average Bonchev–Trinajstić information content (AvgIpc) is 2.98. The largest absolute Gasteiger partial charge is 0.453 e. The number of nitrogens with one attached hydrogen (secondary N) is 2. The van der Waals surface area contributed by atoms with E-state index >= 15 is 0 Å². The maximum atomic E-state index is 13.6. The molecule has 5 aromatic rings. The van der Waals surface area contributed by atoms with Crippen molar-refractivity contribution in [1.82, 2.24) is 20.1 Å². The van der Waals surface area contributed by atoms with Crippen molar-refractivity contribution in [2.24, 2.45) is 0 Å². The van der Waals surface area contributed by atoms with Gasteiger partial charge < -0.3 is 15.4 Å². The summed E-state index contributed by atoms with van der Waals surface area (Å²) in [4.78, 5) is 30.6. The highest BCUT2D eigenvalue weighted by Gasteiger charge is 2.17. The van der Waals surface area contributed by atoms with Crippen molar-refractivity contribution in [2.45, 2.75) is 20.3 Å². The Morgan fingerprint density at radius 3 is 2.40 bits per heavy atom. The van der Waals surface area contributed by atoms with Crippen LogP contribution in [0, 0.1) is 13.8 Å². The van der Waals surface area contributed by atoms with E-state index in [9.17, 15) is 9.59 Å². The molecule has 3 aromatic carbocycles. The fourth-order valence-corrected chi connectivity index (χ4v) is 4.14. The molecule has 0 aliphatic carbocycles. The Bertz CT molecular complexity index is 1670. The fraction of sp³-hybridized carbons (Fsp3) is 0.125. The lowest BCUT2D eigenvalue weighted by Crippen LogP contribution is -2.26. The molecule has 1 amide bonds. The predicted molar refractivity (Wildman–Crippen MR) is 156 cm³/mol. The smallest absolute Gasteiger partial charge is 0.299 e. The fourth-order valence-electron chi connectivity index (χ4n) is 4.14. The molecule has 40 heavy (non-hydrogen) atoms. The van der Waals surface area contributed by atoms with Gasteiger partial charge in [0, 0.05) is 36.1 Å². The second kappa shape index (κ2) is 12.1. The van der Waals surface area contributed by atoms with E-state index in [1.807, 2.05) is 80.6 Å². The number of carbonyl (C=O) groups excluding carboxylic acids is 1. The number of aryl methyl sites for hydroxylation is 1. The lowest BCUT2D eigenvalue weighted by atomic mass is 10.1. The van der Waals surface area contributed by atoms with Crippen LogP contribution in [0.2, 0.25) is 0 Å². The molecular formula is C32H29N5O3. The number of amides is 1. The molecule has 5 rings (SSSR count). The highest BCUT2D eigenvalue weighted by Crippen LogP contribution is 2.31. The van der Waals surface area contributed by atoms with Gasteiger partial charge in [-0.05, 0) is 79.6 Å². The summed E-state index contributed by atoms with van der Waals surface area (Å²) < 4.78 is 7.52. The van der Waals surface area contributed by atoms with Crippen LogP contribution in [0.3, 0.4) is 0 Å². The Morgan fingerprint density at radius 2 is 1.65 bits per heavy atom. The third-order valence-corrected chi connectivity index (χ3v) is 6.53. The average molecular weight is 532 g/mol. The molecule has 0 fully saturated rings. The molecule has 0 unspecified atom stereocenters. The van der Waals surface area contributed by atoms with Gasteiger partial charge in [0.1, 0.15) is 5.75 Å². The zero-order valence-corrected chi connectivity index (χ0v) is 22.3. The van der Waals surface area contributed by atoms with Crippen LogP contribution in [-0.2, 0) is 6.42 Å². The summed E-state index contributed by atoms with van der Waals surface area (Å²) >= 11 is 0. The molecule has 8 heteroatoms. The number of nitrogens with zero attached hydrogens (tertiary/aromatic N) is 3. The standard InChI is InChI=1S/C32H29N5O3/c1-22-9-8-13-28(23(22)2)40-29-21-35-37(27-11-4-3-5-12-27)32(39)30(29)36-26-16-14-24(15-17-26)31(38)34-20-18-25-10-6-7-19-33-25/h3-17,19,21,36H,18,20H2,1-2H3,(H,34,38). The summed E-state index contributed by atoms with van der Waals surface area (Å²) in [5, 5.41) is 10.5. The van der Waals surface area contributed by atoms with E-state index in [-0.39, 0.29) is 17.2 Å². The number of pyridine rings is 1. The van der Waals surface area contributed by atoms with Crippen LogP contribution in [0.5, 0.6) is 11.5 Å². The number of rotatable bonds is 9. The number of carbonyl (C=O) groups is 1. The number of hydrogen-bond donors (Lipinski definition) is 2. The Balaban J connectivity index is 1.38. The van der Waals surface area contributed by atoms with Crippen molar-refractivity contribution in [3.8, 4) is 17.2 Å². The molecule has 0 spiro atoms. The lowest BCUT2D eigenvalue weighted by Gasteiger charge is -2.16. The molecule has 0 saturated carbocycles. The van der Waals surface area contributed by atoms with Crippen LogP contribution >= 0.6 is 0 Å².